The first kappa shape index (κ1) is 19.7. The molecule has 0 spiro atoms. The SMILES string of the molecule is COc1ccc(F)cc1C[C@@](O)(c1ccccc1)[C@@H]1CNCCO1.Cl. The third-order valence-corrected chi connectivity index (χ3v) is 4.44. The van der Waals surface area contributed by atoms with Crippen molar-refractivity contribution in [2.75, 3.05) is 26.8 Å². The van der Waals surface area contributed by atoms with E-state index in [1.54, 1.807) is 6.07 Å². The summed E-state index contributed by atoms with van der Waals surface area (Å²) in [4.78, 5) is 0. The molecule has 0 saturated carbocycles. The van der Waals surface area contributed by atoms with Gasteiger partial charge in [-0.15, -0.1) is 12.4 Å². The number of rotatable bonds is 5. The molecule has 2 aromatic rings. The van der Waals surface area contributed by atoms with Crippen molar-refractivity contribution in [2.45, 2.75) is 18.1 Å². The summed E-state index contributed by atoms with van der Waals surface area (Å²) in [5, 5.41) is 14.8. The normalized spacial score (nSPS) is 19.6. The van der Waals surface area contributed by atoms with Gasteiger partial charge in [0.25, 0.3) is 0 Å². The number of ether oxygens (including phenoxy) is 2. The third kappa shape index (κ3) is 4.30. The molecule has 0 unspecified atom stereocenters. The van der Waals surface area contributed by atoms with Crippen LogP contribution in [0, 0.1) is 5.82 Å². The van der Waals surface area contributed by atoms with Crippen LogP contribution < -0.4 is 10.1 Å². The summed E-state index contributed by atoms with van der Waals surface area (Å²) in [5.41, 5.74) is 0.0680. The van der Waals surface area contributed by atoms with E-state index in [-0.39, 0.29) is 24.6 Å². The zero-order valence-electron chi connectivity index (χ0n) is 14.1. The van der Waals surface area contributed by atoms with Crippen LogP contribution in [0.5, 0.6) is 5.75 Å². The topological polar surface area (TPSA) is 50.7 Å². The fourth-order valence-corrected chi connectivity index (χ4v) is 3.18. The summed E-state index contributed by atoms with van der Waals surface area (Å²) in [7, 11) is 1.54. The number of morpholine rings is 1. The molecule has 25 heavy (non-hydrogen) atoms. The summed E-state index contributed by atoms with van der Waals surface area (Å²) >= 11 is 0. The lowest BCUT2D eigenvalue weighted by molar-refractivity contribution is -0.124. The van der Waals surface area contributed by atoms with Gasteiger partial charge in [-0.3, -0.25) is 0 Å². The van der Waals surface area contributed by atoms with Gasteiger partial charge in [-0.1, -0.05) is 30.3 Å². The van der Waals surface area contributed by atoms with Crippen molar-refractivity contribution in [1.82, 2.24) is 5.32 Å². The summed E-state index contributed by atoms with van der Waals surface area (Å²) in [6, 6.07) is 13.7. The molecule has 2 aromatic carbocycles. The van der Waals surface area contributed by atoms with E-state index in [1.165, 1.54) is 19.2 Å². The van der Waals surface area contributed by atoms with Crippen molar-refractivity contribution < 1.29 is 19.0 Å². The molecule has 0 amide bonds. The Hall–Kier alpha value is -1.66. The van der Waals surface area contributed by atoms with Gasteiger partial charge in [0.05, 0.1) is 13.7 Å². The molecule has 3 rings (SSSR count). The molecule has 1 aliphatic heterocycles. The Morgan fingerprint density at radius 2 is 2.04 bits per heavy atom. The molecule has 1 saturated heterocycles. The van der Waals surface area contributed by atoms with Crippen LogP contribution in [0.1, 0.15) is 11.1 Å². The lowest BCUT2D eigenvalue weighted by atomic mass is 9.81. The van der Waals surface area contributed by atoms with Gasteiger partial charge in [0.2, 0.25) is 0 Å². The van der Waals surface area contributed by atoms with Gasteiger partial charge in [0.15, 0.2) is 0 Å². The highest BCUT2D eigenvalue weighted by molar-refractivity contribution is 5.85. The molecule has 1 aliphatic rings. The third-order valence-electron chi connectivity index (χ3n) is 4.44. The minimum absolute atomic E-state index is 0. The number of nitrogens with one attached hydrogen (secondary N) is 1. The Labute approximate surface area is 153 Å². The Morgan fingerprint density at radius 3 is 2.68 bits per heavy atom. The molecule has 2 atom stereocenters. The molecule has 4 nitrogen and oxygen atoms in total. The lowest BCUT2D eigenvalue weighted by Crippen LogP contribution is -2.52. The predicted octanol–water partition coefficient (Wildman–Crippen LogP) is 2.67. The van der Waals surface area contributed by atoms with Crippen LogP contribution >= 0.6 is 12.4 Å². The molecule has 6 heteroatoms. The second-order valence-electron chi connectivity index (χ2n) is 5.99. The van der Waals surface area contributed by atoms with Gasteiger partial charge in [0.1, 0.15) is 23.3 Å². The zero-order valence-corrected chi connectivity index (χ0v) is 14.9. The standard InChI is InChI=1S/C19H22FNO3.ClH/c1-23-17-8-7-16(20)11-14(17)12-19(22,15-5-3-2-4-6-15)18-13-21-9-10-24-18;/h2-8,11,18,21-22H,9-10,12-13H2,1H3;1H/t18-,19+;/m0./s1. The van der Waals surface area contributed by atoms with E-state index in [4.69, 9.17) is 9.47 Å². The highest BCUT2D eigenvalue weighted by atomic mass is 35.5. The Balaban J connectivity index is 0.00000225. The van der Waals surface area contributed by atoms with E-state index in [2.05, 4.69) is 5.32 Å². The quantitative estimate of drug-likeness (QED) is 0.853. The van der Waals surface area contributed by atoms with Crippen LogP contribution in [0.15, 0.2) is 48.5 Å². The maximum Gasteiger partial charge on any atom is 0.123 e. The molecule has 1 fully saturated rings. The maximum atomic E-state index is 13.7. The first-order chi connectivity index (χ1) is 11.6. The molecule has 0 aliphatic carbocycles. The second kappa shape index (κ2) is 8.63. The van der Waals surface area contributed by atoms with Gasteiger partial charge in [0, 0.05) is 25.1 Å². The molecule has 0 bridgehead atoms. The predicted molar refractivity (Wildman–Crippen MR) is 96.9 cm³/mol. The fourth-order valence-electron chi connectivity index (χ4n) is 3.18. The highest BCUT2D eigenvalue weighted by Gasteiger charge is 2.41. The van der Waals surface area contributed by atoms with E-state index in [9.17, 15) is 9.50 Å². The number of methoxy groups -OCH3 is 1. The summed E-state index contributed by atoms with van der Waals surface area (Å²) in [5.74, 6) is 0.193. The zero-order chi connectivity index (χ0) is 17.0. The first-order valence-electron chi connectivity index (χ1n) is 8.06. The molecule has 1 heterocycles. The van der Waals surface area contributed by atoms with Crippen molar-refractivity contribution in [2.24, 2.45) is 0 Å². The largest absolute Gasteiger partial charge is 0.496 e. The monoisotopic (exact) mass is 367 g/mol. The van der Waals surface area contributed by atoms with Crippen LogP contribution in [0.4, 0.5) is 4.39 Å². The van der Waals surface area contributed by atoms with Gasteiger partial charge in [-0.05, 0) is 23.8 Å². The average Bonchev–Trinajstić information content (AvgIpc) is 2.63. The van der Waals surface area contributed by atoms with E-state index >= 15 is 0 Å². The number of hydrogen-bond donors (Lipinski definition) is 2. The van der Waals surface area contributed by atoms with Crippen molar-refractivity contribution in [3.63, 3.8) is 0 Å². The summed E-state index contributed by atoms with van der Waals surface area (Å²) in [6.07, 6.45) is -0.230. The maximum absolute atomic E-state index is 13.7. The van der Waals surface area contributed by atoms with Crippen molar-refractivity contribution in [3.8, 4) is 5.75 Å². The Kier molecular flexibility index (Phi) is 6.79. The minimum Gasteiger partial charge on any atom is -0.496 e. The van der Waals surface area contributed by atoms with Crippen LogP contribution in [0.2, 0.25) is 0 Å². The molecule has 0 radical (unpaired) electrons. The van der Waals surface area contributed by atoms with Crippen molar-refractivity contribution in [1.29, 1.82) is 0 Å². The summed E-state index contributed by atoms with van der Waals surface area (Å²) in [6.45, 7) is 1.81. The number of hydrogen-bond acceptors (Lipinski definition) is 4. The van der Waals surface area contributed by atoms with Crippen molar-refractivity contribution >= 4 is 12.4 Å². The van der Waals surface area contributed by atoms with Gasteiger partial charge in [-0.25, -0.2) is 4.39 Å². The summed E-state index contributed by atoms with van der Waals surface area (Å²) < 4.78 is 24.9. The van der Waals surface area contributed by atoms with Crippen LogP contribution in [0.25, 0.3) is 0 Å². The molecular formula is C19H23ClFNO3. The van der Waals surface area contributed by atoms with Gasteiger partial charge < -0.3 is 19.9 Å². The van der Waals surface area contributed by atoms with Crippen LogP contribution in [-0.2, 0) is 16.8 Å². The highest BCUT2D eigenvalue weighted by Crippen LogP contribution is 2.35. The number of benzene rings is 2. The fraction of sp³-hybridized carbons (Fsp3) is 0.368. The molecular weight excluding hydrogens is 345 g/mol. The van der Waals surface area contributed by atoms with E-state index in [0.717, 1.165) is 12.1 Å². The van der Waals surface area contributed by atoms with Crippen molar-refractivity contribution in [3.05, 3.63) is 65.5 Å². The number of aliphatic hydroxyl groups is 1. The van der Waals surface area contributed by atoms with Gasteiger partial charge in [-0.2, -0.15) is 0 Å². The molecule has 0 aromatic heterocycles. The van der Waals surface area contributed by atoms with E-state index < -0.39 is 11.7 Å². The van der Waals surface area contributed by atoms with Gasteiger partial charge >= 0.3 is 0 Å². The van der Waals surface area contributed by atoms with Crippen LogP contribution in [-0.4, -0.2) is 38.0 Å². The molecule has 136 valence electrons. The Bertz CT molecular complexity index is 680. The minimum atomic E-state index is -1.28. The van der Waals surface area contributed by atoms with Crippen LogP contribution in [0.3, 0.4) is 0 Å². The average molecular weight is 368 g/mol. The number of halogens is 2. The molecule has 2 N–H and O–H groups in total. The smallest absolute Gasteiger partial charge is 0.123 e. The van der Waals surface area contributed by atoms with E-state index in [0.29, 0.717) is 24.5 Å². The van der Waals surface area contributed by atoms with E-state index in [1.807, 2.05) is 30.3 Å². The Morgan fingerprint density at radius 1 is 1.28 bits per heavy atom. The lowest BCUT2D eigenvalue weighted by Gasteiger charge is -2.39. The second-order valence-corrected chi connectivity index (χ2v) is 5.99. The first-order valence-corrected chi connectivity index (χ1v) is 8.06.